The van der Waals surface area contributed by atoms with E-state index in [-0.39, 0.29) is 23.3 Å². The Hall–Kier alpha value is -1.51. The topological polar surface area (TPSA) is 96.4 Å². The van der Waals surface area contributed by atoms with Crippen LogP contribution in [0.2, 0.25) is 0 Å². The van der Waals surface area contributed by atoms with Crippen LogP contribution in [-0.4, -0.2) is 30.5 Å². The standard InChI is InChI=1S/C14H16N2O4S2/c17-13(18)7-9-4-5-10(6-9)16-22(19,20)12-3-1-2-11-14(12)15-8-21-11/h1-3,8-10,16H,4-7H2,(H,17,18)/t9-,10+/m1/s1. The van der Waals surface area contributed by atoms with Crippen molar-refractivity contribution in [2.75, 3.05) is 0 Å². The molecule has 6 nitrogen and oxygen atoms in total. The number of carboxylic acids is 1. The quantitative estimate of drug-likeness (QED) is 0.870. The Bertz CT molecular complexity index is 800. The van der Waals surface area contributed by atoms with Gasteiger partial charge in [-0.2, -0.15) is 0 Å². The molecule has 1 aromatic carbocycles. The third kappa shape index (κ3) is 3.13. The smallest absolute Gasteiger partial charge is 0.303 e. The summed E-state index contributed by atoms with van der Waals surface area (Å²) in [4.78, 5) is 15.1. The van der Waals surface area contributed by atoms with Crippen molar-refractivity contribution in [2.24, 2.45) is 5.92 Å². The fourth-order valence-electron chi connectivity index (χ4n) is 2.97. The SMILES string of the molecule is O=C(O)C[C@@H]1CC[C@H](NS(=O)(=O)c2cccc3scnc23)C1. The van der Waals surface area contributed by atoms with Crippen molar-refractivity contribution in [3.05, 3.63) is 23.7 Å². The van der Waals surface area contributed by atoms with Gasteiger partial charge in [0.2, 0.25) is 10.0 Å². The molecule has 118 valence electrons. The lowest BCUT2D eigenvalue weighted by atomic mass is 10.0. The lowest BCUT2D eigenvalue weighted by Crippen LogP contribution is -2.33. The molecule has 1 aliphatic carbocycles. The molecule has 3 rings (SSSR count). The Labute approximate surface area is 132 Å². The van der Waals surface area contributed by atoms with Crippen LogP contribution in [0.4, 0.5) is 0 Å². The van der Waals surface area contributed by atoms with Gasteiger partial charge >= 0.3 is 5.97 Å². The lowest BCUT2D eigenvalue weighted by Gasteiger charge is -2.13. The predicted octanol–water partition coefficient (Wildman–Crippen LogP) is 2.22. The van der Waals surface area contributed by atoms with E-state index >= 15 is 0 Å². The fourth-order valence-corrected chi connectivity index (χ4v) is 5.20. The number of thiazole rings is 1. The van der Waals surface area contributed by atoms with Gasteiger partial charge in [0, 0.05) is 12.5 Å². The fraction of sp³-hybridized carbons (Fsp3) is 0.429. The van der Waals surface area contributed by atoms with E-state index in [2.05, 4.69) is 9.71 Å². The highest BCUT2D eigenvalue weighted by Crippen LogP contribution is 2.30. The van der Waals surface area contributed by atoms with Gasteiger partial charge in [-0.15, -0.1) is 11.3 Å². The van der Waals surface area contributed by atoms with Crippen LogP contribution in [0.1, 0.15) is 25.7 Å². The third-order valence-electron chi connectivity index (χ3n) is 3.94. The first-order chi connectivity index (χ1) is 10.5. The van der Waals surface area contributed by atoms with Gasteiger partial charge in [-0.3, -0.25) is 4.79 Å². The van der Waals surface area contributed by atoms with Gasteiger partial charge < -0.3 is 5.11 Å². The van der Waals surface area contributed by atoms with Crippen molar-refractivity contribution >= 4 is 37.5 Å². The maximum atomic E-state index is 12.6. The average molecular weight is 340 g/mol. The van der Waals surface area contributed by atoms with E-state index in [0.29, 0.717) is 18.4 Å². The minimum absolute atomic E-state index is 0.0419. The van der Waals surface area contributed by atoms with Crippen molar-refractivity contribution in [3.63, 3.8) is 0 Å². The summed E-state index contributed by atoms with van der Waals surface area (Å²) in [5, 5.41) is 8.82. The maximum absolute atomic E-state index is 12.6. The highest BCUT2D eigenvalue weighted by Gasteiger charge is 2.30. The maximum Gasteiger partial charge on any atom is 0.303 e. The molecule has 2 aromatic rings. The Morgan fingerprint density at radius 1 is 1.41 bits per heavy atom. The lowest BCUT2D eigenvalue weighted by molar-refractivity contribution is -0.138. The average Bonchev–Trinajstić information content (AvgIpc) is 3.06. The predicted molar refractivity (Wildman–Crippen MR) is 83.3 cm³/mol. The molecule has 0 saturated heterocycles. The number of carbonyl (C=O) groups is 1. The zero-order chi connectivity index (χ0) is 15.7. The Balaban J connectivity index is 1.77. The van der Waals surface area contributed by atoms with E-state index in [9.17, 15) is 13.2 Å². The summed E-state index contributed by atoms with van der Waals surface area (Å²) in [6.07, 6.45) is 2.07. The number of hydrogen-bond donors (Lipinski definition) is 2. The summed E-state index contributed by atoms with van der Waals surface area (Å²) in [5.74, 6) is -0.791. The van der Waals surface area contributed by atoms with E-state index in [0.717, 1.165) is 11.1 Å². The molecule has 1 saturated carbocycles. The third-order valence-corrected chi connectivity index (χ3v) is 6.29. The van der Waals surface area contributed by atoms with E-state index in [4.69, 9.17) is 5.11 Å². The number of nitrogens with one attached hydrogen (secondary N) is 1. The first-order valence-electron chi connectivity index (χ1n) is 7.02. The molecule has 1 heterocycles. The number of para-hydroxylation sites is 1. The van der Waals surface area contributed by atoms with Crippen molar-refractivity contribution in [1.82, 2.24) is 9.71 Å². The second kappa shape index (κ2) is 5.94. The van der Waals surface area contributed by atoms with Crippen LogP contribution in [0.15, 0.2) is 28.6 Å². The van der Waals surface area contributed by atoms with E-state index in [1.54, 1.807) is 17.6 Å². The number of aliphatic carboxylic acids is 1. The van der Waals surface area contributed by atoms with Crippen molar-refractivity contribution in [3.8, 4) is 0 Å². The van der Waals surface area contributed by atoms with Gasteiger partial charge in [0.1, 0.15) is 10.4 Å². The molecule has 1 aromatic heterocycles. The van der Waals surface area contributed by atoms with Gasteiger partial charge in [-0.05, 0) is 37.3 Å². The molecular weight excluding hydrogens is 324 g/mol. The van der Waals surface area contributed by atoms with Crippen LogP contribution in [0.3, 0.4) is 0 Å². The molecule has 0 unspecified atom stereocenters. The first kappa shape index (κ1) is 15.4. The van der Waals surface area contributed by atoms with Gasteiger partial charge in [-0.1, -0.05) is 6.07 Å². The molecule has 0 amide bonds. The molecule has 22 heavy (non-hydrogen) atoms. The molecule has 2 N–H and O–H groups in total. The number of rotatable bonds is 5. The molecule has 0 radical (unpaired) electrons. The summed E-state index contributed by atoms with van der Waals surface area (Å²) in [5.41, 5.74) is 2.11. The summed E-state index contributed by atoms with van der Waals surface area (Å²) in [6, 6.07) is 4.89. The van der Waals surface area contributed by atoms with E-state index in [1.165, 1.54) is 11.3 Å². The molecule has 0 spiro atoms. The summed E-state index contributed by atoms with van der Waals surface area (Å²) < 4.78 is 28.7. The highest BCUT2D eigenvalue weighted by molar-refractivity contribution is 7.89. The minimum Gasteiger partial charge on any atom is -0.481 e. The van der Waals surface area contributed by atoms with E-state index in [1.807, 2.05) is 6.07 Å². The molecule has 0 aliphatic heterocycles. The van der Waals surface area contributed by atoms with Crippen LogP contribution in [0.25, 0.3) is 10.2 Å². The largest absolute Gasteiger partial charge is 0.481 e. The number of nitrogens with zero attached hydrogens (tertiary/aromatic N) is 1. The van der Waals surface area contributed by atoms with Gasteiger partial charge in [0.15, 0.2) is 0 Å². The number of carboxylic acid groups (broad SMARTS) is 1. The van der Waals surface area contributed by atoms with Gasteiger partial charge in [-0.25, -0.2) is 18.1 Å². The normalized spacial score (nSPS) is 22.2. The number of hydrogen-bond acceptors (Lipinski definition) is 5. The summed E-state index contributed by atoms with van der Waals surface area (Å²) in [6.45, 7) is 0. The molecule has 8 heteroatoms. The second-order valence-corrected chi connectivity index (χ2v) is 8.12. The first-order valence-corrected chi connectivity index (χ1v) is 9.38. The Morgan fingerprint density at radius 3 is 3.00 bits per heavy atom. The minimum atomic E-state index is -3.65. The zero-order valence-electron chi connectivity index (χ0n) is 11.7. The number of sulfonamides is 1. The number of fused-ring (bicyclic) bond motifs is 1. The van der Waals surface area contributed by atoms with E-state index < -0.39 is 16.0 Å². The van der Waals surface area contributed by atoms with Crippen molar-refractivity contribution in [1.29, 1.82) is 0 Å². The zero-order valence-corrected chi connectivity index (χ0v) is 13.4. The Morgan fingerprint density at radius 2 is 2.23 bits per heavy atom. The molecular formula is C14H16N2O4S2. The van der Waals surface area contributed by atoms with Crippen molar-refractivity contribution < 1.29 is 18.3 Å². The van der Waals surface area contributed by atoms with Crippen LogP contribution in [0, 0.1) is 5.92 Å². The molecule has 0 bridgehead atoms. The Kier molecular flexibility index (Phi) is 4.16. The monoisotopic (exact) mass is 340 g/mol. The molecule has 1 aliphatic rings. The van der Waals surface area contributed by atoms with Crippen molar-refractivity contribution in [2.45, 2.75) is 36.6 Å². The van der Waals surface area contributed by atoms with Crippen LogP contribution in [0.5, 0.6) is 0 Å². The summed E-state index contributed by atoms with van der Waals surface area (Å²) in [7, 11) is -3.65. The van der Waals surface area contributed by atoms with Gasteiger partial charge in [0.05, 0.1) is 10.2 Å². The number of benzene rings is 1. The van der Waals surface area contributed by atoms with Crippen LogP contribution < -0.4 is 4.72 Å². The highest BCUT2D eigenvalue weighted by atomic mass is 32.2. The second-order valence-electron chi connectivity index (χ2n) is 5.55. The summed E-state index contributed by atoms with van der Waals surface area (Å²) >= 11 is 1.40. The number of aromatic nitrogens is 1. The van der Waals surface area contributed by atoms with Gasteiger partial charge in [0.25, 0.3) is 0 Å². The molecule has 2 atom stereocenters. The molecule has 1 fully saturated rings. The van der Waals surface area contributed by atoms with Crippen LogP contribution >= 0.6 is 11.3 Å². The van der Waals surface area contributed by atoms with Crippen LogP contribution in [-0.2, 0) is 14.8 Å².